The van der Waals surface area contributed by atoms with E-state index in [1.165, 1.54) is 12.8 Å². The zero-order chi connectivity index (χ0) is 7.98. The van der Waals surface area contributed by atoms with E-state index in [1.54, 1.807) is 0 Å². The predicted octanol–water partition coefficient (Wildman–Crippen LogP) is 1.10. The fourth-order valence-electron chi connectivity index (χ4n) is 0.874. The van der Waals surface area contributed by atoms with Crippen molar-refractivity contribution >= 4 is 0 Å². The van der Waals surface area contributed by atoms with Crippen LogP contribution in [0, 0.1) is 5.92 Å². The van der Waals surface area contributed by atoms with Crippen LogP contribution >= 0.6 is 0 Å². The highest BCUT2D eigenvalue weighted by atomic mass is 14.6. The first-order valence-corrected chi connectivity index (χ1v) is 4.14. The van der Waals surface area contributed by atoms with Crippen LogP contribution in [-0.4, -0.2) is 12.6 Å². The molecule has 0 aliphatic carbocycles. The van der Waals surface area contributed by atoms with E-state index in [2.05, 4.69) is 13.8 Å². The molecule has 0 saturated carbocycles. The van der Waals surface area contributed by atoms with Crippen molar-refractivity contribution in [1.29, 1.82) is 0 Å². The Bertz CT molecular complexity index is 71.7. The second-order valence-electron chi connectivity index (χ2n) is 3.12. The van der Waals surface area contributed by atoms with Gasteiger partial charge in [-0.15, -0.1) is 0 Å². The molecule has 2 heteroatoms. The van der Waals surface area contributed by atoms with Gasteiger partial charge in [0, 0.05) is 6.04 Å². The van der Waals surface area contributed by atoms with Crippen LogP contribution in [0.4, 0.5) is 0 Å². The summed E-state index contributed by atoms with van der Waals surface area (Å²) in [5.74, 6) is 0.645. The van der Waals surface area contributed by atoms with Gasteiger partial charge in [-0.1, -0.05) is 13.3 Å². The molecule has 0 aromatic rings. The molecule has 62 valence electrons. The molecule has 0 saturated heterocycles. The molecule has 0 amide bonds. The van der Waals surface area contributed by atoms with E-state index < -0.39 is 0 Å². The van der Waals surface area contributed by atoms with Crippen molar-refractivity contribution in [3.05, 3.63) is 0 Å². The molecule has 2 nitrogen and oxygen atoms in total. The average molecular weight is 144 g/mol. The number of nitrogens with two attached hydrogens (primary N) is 2. The van der Waals surface area contributed by atoms with Gasteiger partial charge in [-0.3, -0.25) is 0 Å². The van der Waals surface area contributed by atoms with Gasteiger partial charge in [0.2, 0.25) is 0 Å². The Balaban J connectivity index is 3.13. The first-order valence-electron chi connectivity index (χ1n) is 4.14. The number of rotatable bonds is 5. The smallest absolute Gasteiger partial charge is 0.00361 e. The Kier molecular flexibility index (Phi) is 5.64. The summed E-state index contributed by atoms with van der Waals surface area (Å²) in [6.45, 7) is 5.07. The Hall–Kier alpha value is -0.0800. The second kappa shape index (κ2) is 5.69. The SMILES string of the molecule is CC(N)C(C)CCCCN. The Labute approximate surface area is 64.0 Å². The molecular formula is C8H20N2. The standard InChI is InChI=1S/C8H20N2/c1-7(8(2)10)5-3-4-6-9/h7-8H,3-6,9-10H2,1-2H3. The van der Waals surface area contributed by atoms with E-state index in [1.807, 2.05) is 0 Å². The molecule has 0 heterocycles. The fraction of sp³-hybridized carbons (Fsp3) is 1.00. The molecule has 0 rings (SSSR count). The lowest BCUT2D eigenvalue weighted by molar-refractivity contribution is 0.432. The maximum absolute atomic E-state index is 5.69. The monoisotopic (exact) mass is 144 g/mol. The van der Waals surface area contributed by atoms with Gasteiger partial charge >= 0.3 is 0 Å². The van der Waals surface area contributed by atoms with Gasteiger partial charge in [0.15, 0.2) is 0 Å². The van der Waals surface area contributed by atoms with Gasteiger partial charge in [0.05, 0.1) is 0 Å². The summed E-state index contributed by atoms with van der Waals surface area (Å²) in [7, 11) is 0. The van der Waals surface area contributed by atoms with Crippen LogP contribution in [0.15, 0.2) is 0 Å². The van der Waals surface area contributed by atoms with Crippen LogP contribution in [-0.2, 0) is 0 Å². The minimum atomic E-state index is 0.331. The summed E-state index contributed by atoms with van der Waals surface area (Å²) in [5.41, 5.74) is 11.0. The number of hydrogen-bond acceptors (Lipinski definition) is 2. The maximum atomic E-state index is 5.69. The van der Waals surface area contributed by atoms with E-state index in [4.69, 9.17) is 11.5 Å². The zero-order valence-corrected chi connectivity index (χ0v) is 7.14. The third-order valence-corrected chi connectivity index (χ3v) is 2.01. The van der Waals surface area contributed by atoms with Crippen molar-refractivity contribution < 1.29 is 0 Å². The van der Waals surface area contributed by atoms with E-state index in [9.17, 15) is 0 Å². The van der Waals surface area contributed by atoms with E-state index >= 15 is 0 Å². The molecule has 2 unspecified atom stereocenters. The first-order chi connectivity index (χ1) is 4.68. The van der Waals surface area contributed by atoms with Crippen LogP contribution in [0.2, 0.25) is 0 Å². The van der Waals surface area contributed by atoms with Gasteiger partial charge in [-0.2, -0.15) is 0 Å². The molecule has 0 fully saturated rings. The zero-order valence-electron chi connectivity index (χ0n) is 7.14. The summed E-state index contributed by atoms with van der Waals surface area (Å²) in [4.78, 5) is 0. The van der Waals surface area contributed by atoms with Crippen molar-refractivity contribution in [2.45, 2.75) is 39.2 Å². The number of unbranched alkanes of at least 4 members (excludes halogenated alkanes) is 1. The lowest BCUT2D eigenvalue weighted by Crippen LogP contribution is -2.24. The van der Waals surface area contributed by atoms with E-state index in [0.717, 1.165) is 13.0 Å². The molecule has 0 aromatic heterocycles. The quantitative estimate of drug-likeness (QED) is 0.568. The van der Waals surface area contributed by atoms with Gasteiger partial charge in [-0.25, -0.2) is 0 Å². The van der Waals surface area contributed by atoms with Crippen molar-refractivity contribution in [2.24, 2.45) is 17.4 Å². The predicted molar refractivity (Wildman–Crippen MR) is 45.7 cm³/mol. The highest BCUT2D eigenvalue weighted by Crippen LogP contribution is 2.09. The van der Waals surface area contributed by atoms with Crippen molar-refractivity contribution in [3.8, 4) is 0 Å². The summed E-state index contributed by atoms with van der Waals surface area (Å²) in [6, 6.07) is 0.331. The van der Waals surface area contributed by atoms with Gasteiger partial charge < -0.3 is 11.5 Å². The number of hydrogen-bond donors (Lipinski definition) is 2. The van der Waals surface area contributed by atoms with Crippen LogP contribution in [0.3, 0.4) is 0 Å². The normalized spacial score (nSPS) is 16.8. The Morgan fingerprint density at radius 1 is 1.20 bits per heavy atom. The first kappa shape index (κ1) is 9.92. The molecule has 2 atom stereocenters. The minimum absolute atomic E-state index is 0.331. The minimum Gasteiger partial charge on any atom is -0.330 e. The Morgan fingerprint density at radius 3 is 2.20 bits per heavy atom. The molecule has 0 spiro atoms. The lowest BCUT2D eigenvalue weighted by atomic mass is 9.98. The van der Waals surface area contributed by atoms with Crippen LogP contribution in [0.5, 0.6) is 0 Å². The summed E-state index contributed by atoms with van der Waals surface area (Å²) in [6.07, 6.45) is 3.57. The molecule has 10 heavy (non-hydrogen) atoms. The van der Waals surface area contributed by atoms with Crippen LogP contribution in [0.25, 0.3) is 0 Å². The molecule has 0 bridgehead atoms. The van der Waals surface area contributed by atoms with Crippen LogP contribution < -0.4 is 11.5 Å². The third kappa shape index (κ3) is 4.77. The summed E-state index contributed by atoms with van der Waals surface area (Å²) in [5, 5.41) is 0. The maximum Gasteiger partial charge on any atom is 0.00361 e. The van der Waals surface area contributed by atoms with Gasteiger partial charge in [0.1, 0.15) is 0 Å². The molecule has 0 radical (unpaired) electrons. The van der Waals surface area contributed by atoms with Gasteiger partial charge in [-0.05, 0) is 32.2 Å². The second-order valence-corrected chi connectivity index (χ2v) is 3.12. The molecule has 0 aromatic carbocycles. The van der Waals surface area contributed by atoms with Crippen molar-refractivity contribution in [1.82, 2.24) is 0 Å². The average Bonchev–Trinajstić information content (AvgIpc) is 1.88. The highest BCUT2D eigenvalue weighted by Gasteiger charge is 2.05. The van der Waals surface area contributed by atoms with E-state index in [0.29, 0.717) is 12.0 Å². The fourth-order valence-corrected chi connectivity index (χ4v) is 0.874. The molecule has 0 aliphatic heterocycles. The highest BCUT2D eigenvalue weighted by molar-refractivity contribution is 4.63. The van der Waals surface area contributed by atoms with Crippen molar-refractivity contribution in [3.63, 3.8) is 0 Å². The van der Waals surface area contributed by atoms with E-state index in [-0.39, 0.29) is 0 Å². The molecule has 0 aliphatic rings. The largest absolute Gasteiger partial charge is 0.330 e. The van der Waals surface area contributed by atoms with Gasteiger partial charge in [0.25, 0.3) is 0 Å². The molecule has 4 N–H and O–H groups in total. The summed E-state index contributed by atoms with van der Waals surface area (Å²) >= 11 is 0. The van der Waals surface area contributed by atoms with Crippen molar-refractivity contribution in [2.75, 3.05) is 6.54 Å². The topological polar surface area (TPSA) is 52.0 Å². The Morgan fingerprint density at radius 2 is 1.80 bits per heavy atom. The lowest BCUT2D eigenvalue weighted by Gasteiger charge is -2.14. The molecular weight excluding hydrogens is 124 g/mol. The summed E-state index contributed by atoms with van der Waals surface area (Å²) < 4.78 is 0. The third-order valence-electron chi connectivity index (χ3n) is 2.01. The van der Waals surface area contributed by atoms with Crippen LogP contribution in [0.1, 0.15) is 33.1 Å².